The van der Waals surface area contributed by atoms with Crippen LogP contribution < -0.4 is 0 Å². The minimum Gasteiger partial charge on any atom is -0.303 e. The van der Waals surface area contributed by atoms with Crippen LogP contribution in [0.2, 0.25) is 0 Å². The topological polar surface area (TPSA) is 6.48 Å². The second-order valence-corrected chi connectivity index (χ2v) is 25.5. The van der Waals surface area contributed by atoms with E-state index in [9.17, 15) is 0 Å². The summed E-state index contributed by atoms with van der Waals surface area (Å²) >= 11 is 0. The summed E-state index contributed by atoms with van der Waals surface area (Å²) in [6.45, 7) is 11.9. The Balaban J connectivity index is 0.986. The van der Waals surface area contributed by atoms with Crippen LogP contribution in [-0.2, 0) is 0 Å². The molecule has 4 heteroatoms. The number of hydrogen-bond donors (Lipinski definition) is 0. The van der Waals surface area contributed by atoms with Crippen molar-refractivity contribution in [2.75, 3.05) is 38.7 Å². The Bertz CT molecular complexity index is 957. The highest BCUT2D eigenvalue weighted by Crippen LogP contribution is 2.55. The third-order valence-electron chi connectivity index (χ3n) is 17.2. The molecule has 0 bridgehead atoms. The Kier molecular flexibility index (Phi) is 31.0. The second kappa shape index (κ2) is 34.8. The third-order valence-corrected chi connectivity index (χ3v) is 19.6. The summed E-state index contributed by atoms with van der Waals surface area (Å²) in [4.78, 5) is 5.53. The average molecular weight is 902 g/mol. The van der Waals surface area contributed by atoms with Gasteiger partial charge in [0.05, 0.1) is 0 Å². The largest absolute Gasteiger partial charge is 0.303 e. The Labute approximate surface area is 399 Å². The van der Waals surface area contributed by atoms with Gasteiger partial charge in [0.1, 0.15) is 0 Å². The van der Waals surface area contributed by atoms with E-state index in [0.29, 0.717) is 0 Å². The molecule has 0 radical (unpaired) electrons. The lowest BCUT2D eigenvalue weighted by atomic mass is 9.99. The lowest BCUT2D eigenvalue weighted by Crippen LogP contribution is -2.34. The van der Waals surface area contributed by atoms with Gasteiger partial charge in [-0.15, -0.1) is 0 Å². The first-order valence-corrected chi connectivity index (χ1v) is 31.6. The number of hydrogen-bond acceptors (Lipinski definition) is 4. The van der Waals surface area contributed by atoms with E-state index in [-0.39, 0.29) is 0 Å². The average Bonchev–Trinajstić information content (AvgIpc) is 4.11. The molecule has 0 heterocycles. The predicted octanol–water partition coefficient (Wildman–Crippen LogP) is 18.9. The van der Waals surface area contributed by atoms with Crippen molar-refractivity contribution in [2.24, 2.45) is 47.3 Å². The van der Waals surface area contributed by atoms with Gasteiger partial charge < -0.3 is 9.80 Å². The number of rotatable bonds is 47. The first-order chi connectivity index (χ1) is 30.5. The second-order valence-electron chi connectivity index (χ2n) is 22.8. The molecule has 4 fully saturated rings. The normalized spacial score (nSPS) is 26.1. The Morgan fingerprint density at radius 3 is 0.919 bits per heavy atom. The molecule has 0 aliphatic heterocycles. The summed E-state index contributed by atoms with van der Waals surface area (Å²) < 4.78 is 0. The highest BCUT2D eigenvalue weighted by atomic mass is 33.1. The summed E-state index contributed by atoms with van der Waals surface area (Å²) in [5, 5.41) is 0. The van der Waals surface area contributed by atoms with Crippen LogP contribution in [0.4, 0.5) is 0 Å². The van der Waals surface area contributed by atoms with E-state index in [1.54, 1.807) is 64.2 Å². The van der Waals surface area contributed by atoms with Gasteiger partial charge in [-0.1, -0.05) is 229 Å². The number of nitrogens with zero attached hydrogens (tertiary/aromatic N) is 2. The quantitative estimate of drug-likeness (QED) is 0.0443. The maximum absolute atomic E-state index is 2.77. The van der Waals surface area contributed by atoms with E-state index < -0.39 is 0 Å². The van der Waals surface area contributed by atoms with Gasteiger partial charge in [0.2, 0.25) is 0 Å². The minimum absolute atomic E-state index is 0.799. The van der Waals surface area contributed by atoms with Crippen molar-refractivity contribution in [3.05, 3.63) is 0 Å². The van der Waals surface area contributed by atoms with E-state index in [2.05, 4.69) is 73.2 Å². The zero-order chi connectivity index (χ0) is 44.0. The van der Waals surface area contributed by atoms with Gasteiger partial charge in [0.25, 0.3) is 0 Å². The highest BCUT2D eigenvalue weighted by molar-refractivity contribution is 8.76. The molecule has 0 amide bonds. The summed E-state index contributed by atoms with van der Waals surface area (Å²) in [5.74, 6) is 11.6. The summed E-state index contributed by atoms with van der Waals surface area (Å²) in [7, 11) is 9.22. The van der Waals surface area contributed by atoms with E-state index >= 15 is 0 Å². The van der Waals surface area contributed by atoms with Crippen LogP contribution in [0.5, 0.6) is 0 Å². The van der Waals surface area contributed by atoms with Crippen molar-refractivity contribution in [1.82, 2.24) is 9.80 Å². The molecule has 0 aromatic heterocycles. The molecule has 4 aliphatic rings. The van der Waals surface area contributed by atoms with E-state index in [1.165, 1.54) is 204 Å². The maximum atomic E-state index is 2.77. The van der Waals surface area contributed by atoms with Crippen molar-refractivity contribution in [1.29, 1.82) is 0 Å². The molecule has 0 spiro atoms. The maximum Gasteiger partial charge on any atom is 0.0165 e. The van der Waals surface area contributed by atoms with Crippen molar-refractivity contribution < 1.29 is 0 Å². The van der Waals surface area contributed by atoms with Crippen LogP contribution in [0.25, 0.3) is 0 Å². The molecule has 0 aromatic carbocycles. The van der Waals surface area contributed by atoms with Gasteiger partial charge in [0.15, 0.2) is 0 Å². The molecule has 4 aliphatic carbocycles. The smallest absolute Gasteiger partial charge is 0.0165 e. The SMILES string of the molecule is CCCCCCC(CCCCCCCC1CC1CC1CC1CCCCC)N(C)CCSSCCN(C)C(CCCCCC)CCCCCCCC1CC1CC1CC1CCCCC. The summed E-state index contributed by atoms with van der Waals surface area (Å²) in [6, 6.07) is 1.60. The molecule has 10 atom stereocenters. The van der Waals surface area contributed by atoms with Gasteiger partial charge in [-0.2, -0.15) is 0 Å². The van der Waals surface area contributed by atoms with Crippen LogP contribution in [0.1, 0.15) is 272 Å². The van der Waals surface area contributed by atoms with E-state index in [0.717, 1.165) is 59.4 Å². The monoisotopic (exact) mass is 901 g/mol. The molecule has 4 saturated carbocycles. The summed E-state index contributed by atoms with van der Waals surface area (Å²) in [5.41, 5.74) is 0. The lowest BCUT2D eigenvalue weighted by Gasteiger charge is -2.29. The fourth-order valence-electron chi connectivity index (χ4n) is 12.2. The molecule has 0 saturated heterocycles. The van der Waals surface area contributed by atoms with Gasteiger partial charge >= 0.3 is 0 Å². The van der Waals surface area contributed by atoms with Crippen LogP contribution in [0.15, 0.2) is 0 Å². The van der Waals surface area contributed by atoms with Crippen LogP contribution in [-0.4, -0.2) is 60.6 Å². The first kappa shape index (κ1) is 55.2. The fourth-order valence-corrected chi connectivity index (χ4v) is 14.3. The Hall–Kier alpha value is 0.620. The Morgan fingerprint density at radius 1 is 0.339 bits per heavy atom. The Morgan fingerprint density at radius 2 is 0.597 bits per heavy atom. The van der Waals surface area contributed by atoms with E-state index in [1.807, 2.05) is 0 Å². The molecule has 0 aromatic rings. The van der Waals surface area contributed by atoms with Crippen LogP contribution >= 0.6 is 21.6 Å². The number of unbranched alkanes of at least 4 members (excludes halogenated alkanes) is 18. The van der Waals surface area contributed by atoms with Crippen molar-refractivity contribution >= 4 is 21.6 Å². The molecule has 0 N–H and O–H groups in total. The van der Waals surface area contributed by atoms with Crippen molar-refractivity contribution in [2.45, 2.75) is 284 Å². The molecular weight excluding hydrogens is 789 g/mol. The third kappa shape index (κ3) is 25.7. The van der Waals surface area contributed by atoms with Gasteiger partial charge in [-0.25, -0.2) is 0 Å². The molecular formula is C58H112N2S2. The van der Waals surface area contributed by atoms with Crippen molar-refractivity contribution in [3.8, 4) is 0 Å². The van der Waals surface area contributed by atoms with Gasteiger partial charge in [0, 0.05) is 36.7 Å². The zero-order valence-corrected chi connectivity index (χ0v) is 44.8. The molecule has 10 unspecified atom stereocenters. The predicted molar refractivity (Wildman–Crippen MR) is 284 cm³/mol. The van der Waals surface area contributed by atoms with Crippen molar-refractivity contribution in [3.63, 3.8) is 0 Å². The highest BCUT2D eigenvalue weighted by Gasteiger charge is 2.45. The van der Waals surface area contributed by atoms with Crippen LogP contribution in [0.3, 0.4) is 0 Å². The van der Waals surface area contributed by atoms with Crippen LogP contribution in [0, 0.1) is 47.3 Å². The fraction of sp³-hybridized carbons (Fsp3) is 1.00. The molecule has 2 nitrogen and oxygen atoms in total. The van der Waals surface area contributed by atoms with Gasteiger partial charge in [-0.05, 0) is 126 Å². The minimum atomic E-state index is 0.799. The molecule has 366 valence electrons. The zero-order valence-electron chi connectivity index (χ0n) is 43.2. The summed E-state index contributed by atoms with van der Waals surface area (Å²) in [6.07, 6.45) is 56.1. The van der Waals surface area contributed by atoms with E-state index in [4.69, 9.17) is 0 Å². The lowest BCUT2D eigenvalue weighted by molar-refractivity contribution is 0.221. The molecule has 4 rings (SSSR count). The molecule has 62 heavy (non-hydrogen) atoms. The standard InChI is InChI=1S/C58H112N2S2/c1-7-11-15-27-35-57(37-29-21-17-19-25-33-51-45-55(51)47-53-43-49(53)31-23-13-9-3)59(5)39-41-61-62-42-40-60(6)58(36-28-16-12-8-2)38-30-22-18-20-26-34-52-46-56(52)48-54-44-50(54)32-24-14-10-4/h49-58H,7-48H2,1-6H3. The van der Waals surface area contributed by atoms with Gasteiger partial charge in [-0.3, -0.25) is 0 Å². The first-order valence-electron chi connectivity index (χ1n) is 29.1.